The molecule has 1 heterocycles. The molecule has 0 spiro atoms. The van der Waals surface area contributed by atoms with Gasteiger partial charge in [0.15, 0.2) is 0 Å². The zero-order valence-electron chi connectivity index (χ0n) is 36.9. The molecule has 62 heavy (non-hydrogen) atoms. The number of anilines is 4. The summed E-state index contributed by atoms with van der Waals surface area (Å²) in [5.74, 6) is 0. The Labute approximate surface area is 367 Å². The van der Waals surface area contributed by atoms with Crippen molar-refractivity contribution in [3.05, 3.63) is 202 Å². The molecule has 11 rings (SSSR count). The first kappa shape index (κ1) is 38.3. The van der Waals surface area contributed by atoms with Crippen molar-refractivity contribution in [3.63, 3.8) is 0 Å². The highest BCUT2D eigenvalue weighted by atomic mass is 15.2. The summed E-state index contributed by atoms with van der Waals surface area (Å²) in [7, 11) is 0. The Morgan fingerprint density at radius 1 is 0.548 bits per heavy atom. The molecule has 0 unspecified atom stereocenters. The quantitative estimate of drug-likeness (QED) is 0.117. The summed E-state index contributed by atoms with van der Waals surface area (Å²) in [6.07, 6.45) is 12.5. The van der Waals surface area contributed by atoms with Crippen molar-refractivity contribution >= 4 is 67.2 Å². The third kappa shape index (κ3) is 5.91. The third-order valence-corrected chi connectivity index (χ3v) is 14.3. The van der Waals surface area contributed by atoms with E-state index < -0.39 is 0 Å². The van der Waals surface area contributed by atoms with Crippen LogP contribution in [0.2, 0.25) is 0 Å². The smallest absolute Gasteiger partial charge is 0.0502 e. The Kier molecular flexibility index (Phi) is 8.95. The van der Waals surface area contributed by atoms with Gasteiger partial charge in [0.2, 0.25) is 0 Å². The first-order chi connectivity index (χ1) is 30.1. The van der Waals surface area contributed by atoms with E-state index >= 15 is 0 Å². The summed E-state index contributed by atoms with van der Waals surface area (Å²) in [4.78, 5) is 5.04. The summed E-state index contributed by atoms with van der Waals surface area (Å²) in [6.45, 7) is 15.1. The molecule has 8 aromatic rings. The van der Waals surface area contributed by atoms with Gasteiger partial charge in [-0.3, -0.25) is 0 Å². The predicted octanol–water partition coefficient (Wildman–Crippen LogP) is 16.6. The standard InChI is InChI=1S/C60H54N2/c1-7-34-61(56-21-13-8-16-39(56)2)42-28-33-49-48-31-27-41(36-54(48)60(5,6)55(49)38-42)25-24-40-26-30-46-47-32-29-43(37-51(47)45-18-10-9-17-44(45)50(46)35-40)62-57-22-14-11-19-52(57)59(3,4)53-20-12-15-23-58(53)62/h8-12,14-20,22-33,35-38H,7,13,21,34H2,1-6H3/b25-24+. The Morgan fingerprint density at radius 2 is 1.10 bits per heavy atom. The molecule has 0 bridgehead atoms. The van der Waals surface area contributed by atoms with E-state index in [1.807, 2.05) is 0 Å². The van der Waals surface area contributed by atoms with Gasteiger partial charge in [-0.1, -0.05) is 162 Å². The second-order valence-electron chi connectivity index (χ2n) is 18.8. The maximum Gasteiger partial charge on any atom is 0.0502 e. The summed E-state index contributed by atoms with van der Waals surface area (Å²) >= 11 is 0. The van der Waals surface area contributed by atoms with Crippen molar-refractivity contribution in [1.29, 1.82) is 0 Å². The second kappa shape index (κ2) is 14.5. The molecular weight excluding hydrogens is 749 g/mol. The largest absolute Gasteiger partial charge is 0.345 e. The molecule has 2 nitrogen and oxygen atoms in total. The molecule has 0 amide bonds. The molecule has 3 aliphatic rings. The summed E-state index contributed by atoms with van der Waals surface area (Å²) in [6, 6.07) is 55.1. The number of rotatable bonds is 7. The highest BCUT2D eigenvalue weighted by Crippen LogP contribution is 2.53. The molecule has 8 aromatic carbocycles. The minimum absolute atomic E-state index is 0.0935. The SMILES string of the molecule is CCCN(C1=C(C)C=CCC1)c1ccc2c(c1)C(C)(C)c1cc(/C=C/c3ccc4c5ccc(N6c7ccccc7C(C)(C)c7ccccc76)cc5c5ccccc5c4c3)ccc1-2. The van der Waals surface area contributed by atoms with Crippen LogP contribution >= 0.6 is 0 Å². The van der Waals surface area contributed by atoms with Crippen molar-refractivity contribution in [2.45, 2.75) is 71.6 Å². The summed E-state index contributed by atoms with van der Waals surface area (Å²) < 4.78 is 0. The fraction of sp³-hybridized carbons (Fsp3) is 0.200. The van der Waals surface area contributed by atoms with Crippen LogP contribution < -0.4 is 9.80 Å². The van der Waals surface area contributed by atoms with E-state index in [1.165, 1.54) is 111 Å². The molecule has 0 saturated carbocycles. The van der Waals surface area contributed by atoms with Crippen LogP contribution in [0.25, 0.3) is 55.6 Å². The van der Waals surface area contributed by atoms with E-state index in [9.17, 15) is 0 Å². The normalized spacial score (nSPS) is 15.9. The number of hydrogen-bond donors (Lipinski definition) is 0. The molecule has 2 aliphatic carbocycles. The number of allylic oxidation sites excluding steroid dienone is 4. The van der Waals surface area contributed by atoms with Gasteiger partial charge in [0.05, 0.1) is 11.4 Å². The Balaban J connectivity index is 0.942. The molecule has 0 fully saturated rings. The van der Waals surface area contributed by atoms with E-state index in [0.29, 0.717) is 0 Å². The lowest BCUT2D eigenvalue weighted by Gasteiger charge is -2.42. The van der Waals surface area contributed by atoms with Gasteiger partial charge in [-0.25, -0.2) is 0 Å². The second-order valence-corrected chi connectivity index (χ2v) is 18.8. The number of benzene rings is 8. The Hall–Kier alpha value is -6.64. The summed E-state index contributed by atoms with van der Waals surface area (Å²) in [5.41, 5.74) is 18.3. The highest BCUT2D eigenvalue weighted by molar-refractivity contribution is 6.26. The number of hydrogen-bond acceptors (Lipinski definition) is 2. The van der Waals surface area contributed by atoms with E-state index in [4.69, 9.17) is 0 Å². The predicted molar refractivity (Wildman–Crippen MR) is 267 cm³/mol. The molecule has 0 radical (unpaired) electrons. The fourth-order valence-corrected chi connectivity index (χ4v) is 11.1. The van der Waals surface area contributed by atoms with Gasteiger partial charge in [-0.05, 0) is 151 Å². The topological polar surface area (TPSA) is 6.48 Å². The minimum Gasteiger partial charge on any atom is -0.345 e. The Bertz CT molecular complexity index is 3160. The number of fused-ring (bicyclic) bond motifs is 11. The molecule has 2 heteroatoms. The number of para-hydroxylation sites is 2. The van der Waals surface area contributed by atoms with E-state index in [2.05, 4.69) is 221 Å². The minimum atomic E-state index is -0.0988. The van der Waals surface area contributed by atoms with Crippen molar-refractivity contribution in [3.8, 4) is 11.1 Å². The molecule has 304 valence electrons. The lowest BCUT2D eigenvalue weighted by atomic mass is 9.73. The monoisotopic (exact) mass is 802 g/mol. The van der Waals surface area contributed by atoms with Crippen LogP contribution in [0.4, 0.5) is 22.7 Å². The first-order valence-electron chi connectivity index (χ1n) is 22.6. The average molecular weight is 803 g/mol. The van der Waals surface area contributed by atoms with Gasteiger partial charge < -0.3 is 9.80 Å². The lowest BCUT2D eigenvalue weighted by molar-refractivity contribution is 0.632. The maximum atomic E-state index is 2.58. The van der Waals surface area contributed by atoms with Gasteiger partial charge in [0.1, 0.15) is 0 Å². The van der Waals surface area contributed by atoms with Crippen LogP contribution in [0.3, 0.4) is 0 Å². The molecule has 0 aromatic heterocycles. The first-order valence-corrected chi connectivity index (χ1v) is 22.6. The van der Waals surface area contributed by atoms with Gasteiger partial charge in [-0.15, -0.1) is 0 Å². The zero-order valence-corrected chi connectivity index (χ0v) is 36.9. The van der Waals surface area contributed by atoms with Crippen molar-refractivity contribution in [2.75, 3.05) is 16.3 Å². The van der Waals surface area contributed by atoms with Gasteiger partial charge in [-0.2, -0.15) is 0 Å². The average Bonchev–Trinajstić information content (AvgIpc) is 3.52. The fourth-order valence-electron chi connectivity index (χ4n) is 11.1. The van der Waals surface area contributed by atoms with Crippen LogP contribution in [0.5, 0.6) is 0 Å². The van der Waals surface area contributed by atoms with E-state index in [-0.39, 0.29) is 10.8 Å². The molecule has 0 saturated heterocycles. The van der Waals surface area contributed by atoms with E-state index in [1.54, 1.807) is 0 Å². The van der Waals surface area contributed by atoms with Crippen LogP contribution in [-0.2, 0) is 10.8 Å². The molecule has 0 N–H and O–H groups in total. The van der Waals surface area contributed by atoms with Gasteiger partial charge >= 0.3 is 0 Å². The maximum absolute atomic E-state index is 2.58. The zero-order chi connectivity index (χ0) is 42.3. The van der Waals surface area contributed by atoms with E-state index in [0.717, 1.165) is 25.8 Å². The Morgan fingerprint density at radius 3 is 1.77 bits per heavy atom. The molecule has 1 aliphatic heterocycles. The van der Waals surface area contributed by atoms with Gasteiger partial charge in [0, 0.05) is 34.4 Å². The van der Waals surface area contributed by atoms with Crippen LogP contribution in [0.1, 0.15) is 94.2 Å². The third-order valence-electron chi connectivity index (χ3n) is 14.3. The van der Waals surface area contributed by atoms with Crippen molar-refractivity contribution in [1.82, 2.24) is 0 Å². The van der Waals surface area contributed by atoms with Crippen LogP contribution in [0.15, 0.2) is 169 Å². The highest BCUT2D eigenvalue weighted by Gasteiger charge is 2.38. The van der Waals surface area contributed by atoms with Crippen LogP contribution in [0, 0.1) is 0 Å². The number of nitrogens with zero attached hydrogens (tertiary/aromatic N) is 2. The van der Waals surface area contributed by atoms with Crippen LogP contribution in [-0.4, -0.2) is 6.54 Å². The summed E-state index contributed by atoms with van der Waals surface area (Å²) in [5, 5.41) is 7.68. The van der Waals surface area contributed by atoms with Crippen molar-refractivity contribution in [2.24, 2.45) is 0 Å². The molecule has 0 atom stereocenters. The molecular formula is C60H54N2. The lowest BCUT2D eigenvalue weighted by Crippen LogP contribution is -2.30. The van der Waals surface area contributed by atoms with Gasteiger partial charge in [0.25, 0.3) is 0 Å². The van der Waals surface area contributed by atoms with Crippen molar-refractivity contribution < 1.29 is 0 Å².